The maximum atomic E-state index is 11.8. The summed E-state index contributed by atoms with van der Waals surface area (Å²) in [6.07, 6.45) is -4.87. The SMILES string of the molecule is N#Cc1c(N)cc(OC(F)(F)F)nc1N. The van der Waals surface area contributed by atoms with Crippen molar-refractivity contribution < 1.29 is 17.9 Å². The van der Waals surface area contributed by atoms with Gasteiger partial charge in [0, 0.05) is 6.07 Å². The normalized spacial score (nSPS) is 10.8. The molecule has 0 saturated heterocycles. The molecule has 0 radical (unpaired) electrons. The molecule has 0 fully saturated rings. The standard InChI is InChI=1S/C7H5F3N4O/c8-7(9,10)15-5-1-4(12)3(2-11)6(13)14-5/h1H,(H4,12,13,14). The van der Waals surface area contributed by atoms with Crippen LogP contribution in [0.15, 0.2) is 6.07 Å². The zero-order chi connectivity index (χ0) is 11.6. The van der Waals surface area contributed by atoms with E-state index >= 15 is 0 Å². The molecule has 1 aromatic rings. The Labute approximate surface area is 82.1 Å². The average molecular weight is 218 g/mol. The minimum Gasteiger partial charge on any atom is -0.397 e. The van der Waals surface area contributed by atoms with Gasteiger partial charge in [0.05, 0.1) is 5.69 Å². The summed E-state index contributed by atoms with van der Waals surface area (Å²) in [5.74, 6) is -1.20. The van der Waals surface area contributed by atoms with Crippen molar-refractivity contribution >= 4 is 11.5 Å². The molecule has 0 saturated carbocycles. The van der Waals surface area contributed by atoms with Gasteiger partial charge in [-0.3, -0.25) is 0 Å². The molecular weight excluding hydrogens is 213 g/mol. The van der Waals surface area contributed by atoms with Gasteiger partial charge in [-0.1, -0.05) is 0 Å². The Hall–Kier alpha value is -2.17. The van der Waals surface area contributed by atoms with Crippen molar-refractivity contribution in [3.8, 4) is 11.9 Å². The highest BCUT2D eigenvalue weighted by molar-refractivity contribution is 5.65. The molecule has 0 unspecified atom stereocenters. The molecule has 0 amide bonds. The van der Waals surface area contributed by atoms with Crippen LogP contribution in [-0.4, -0.2) is 11.3 Å². The summed E-state index contributed by atoms with van der Waals surface area (Å²) in [4.78, 5) is 3.22. The van der Waals surface area contributed by atoms with Crippen molar-refractivity contribution in [1.29, 1.82) is 5.26 Å². The molecular formula is C7H5F3N4O. The van der Waals surface area contributed by atoms with E-state index < -0.39 is 18.1 Å². The van der Waals surface area contributed by atoms with E-state index in [2.05, 4.69) is 9.72 Å². The van der Waals surface area contributed by atoms with Crippen LogP contribution in [0.25, 0.3) is 0 Å². The van der Waals surface area contributed by atoms with E-state index in [1.54, 1.807) is 6.07 Å². The molecule has 0 spiro atoms. The van der Waals surface area contributed by atoms with Gasteiger partial charge in [-0.05, 0) is 0 Å². The number of hydrogen-bond acceptors (Lipinski definition) is 5. The second-order valence-corrected chi connectivity index (χ2v) is 2.47. The first kappa shape index (κ1) is 10.9. The lowest BCUT2D eigenvalue weighted by Gasteiger charge is -2.09. The van der Waals surface area contributed by atoms with Crippen molar-refractivity contribution in [1.82, 2.24) is 4.98 Å². The number of nitrogen functional groups attached to an aromatic ring is 2. The summed E-state index contributed by atoms with van der Waals surface area (Å²) in [5.41, 5.74) is 10.1. The lowest BCUT2D eigenvalue weighted by molar-refractivity contribution is -0.276. The van der Waals surface area contributed by atoms with Crippen LogP contribution >= 0.6 is 0 Å². The molecule has 0 atom stereocenters. The summed E-state index contributed by atoms with van der Waals surface area (Å²) in [6.45, 7) is 0. The fourth-order valence-electron chi connectivity index (χ4n) is 0.853. The molecule has 4 N–H and O–H groups in total. The summed E-state index contributed by atoms with van der Waals surface area (Å²) in [6, 6.07) is 2.38. The van der Waals surface area contributed by atoms with Crippen LogP contribution in [0, 0.1) is 11.3 Å². The van der Waals surface area contributed by atoms with E-state index in [4.69, 9.17) is 16.7 Å². The van der Waals surface area contributed by atoms with E-state index in [-0.39, 0.29) is 11.3 Å². The van der Waals surface area contributed by atoms with Gasteiger partial charge in [-0.2, -0.15) is 10.2 Å². The maximum Gasteiger partial charge on any atom is 0.574 e. The molecule has 0 bridgehead atoms. The maximum absolute atomic E-state index is 11.8. The Balaban J connectivity index is 3.11. The number of hydrogen-bond donors (Lipinski definition) is 2. The van der Waals surface area contributed by atoms with Gasteiger partial charge in [0.15, 0.2) is 0 Å². The van der Waals surface area contributed by atoms with Gasteiger partial charge in [0.25, 0.3) is 0 Å². The molecule has 1 rings (SSSR count). The van der Waals surface area contributed by atoms with E-state index in [1.807, 2.05) is 0 Å². The third-order valence-corrected chi connectivity index (χ3v) is 1.39. The topological polar surface area (TPSA) is 98.0 Å². The average Bonchev–Trinajstić information content (AvgIpc) is 1.99. The molecule has 5 nitrogen and oxygen atoms in total. The van der Waals surface area contributed by atoms with Crippen LogP contribution in [0.1, 0.15) is 5.56 Å². The number of alkyl halides is 3. The zero-order valence-electron chi connectivity index (χ0n) is 7.17. The first-order valence-electron chi connectivity index (χ1n) is 3.55. The van der Waals surface area contributed by atoms with E-state index in [0.717, 1.165) is 6.07 Å². The third kappa shape index (κ3) is 2.63. The Morgan fingerprint density at radius 2 is 2.00 bits per heavy atom. The van der Waals surface area contributed by atoms with E-state index in [0.29, 0.717) is 0 Å². The molecule has 1 heterocycles. The first-order chi connectivity index (χ1) is 6.83. The van der Waals surface area contributed by atoms with Crippen LogP contribution in [0.4, 0.5) is 24.7 Å². The van der Waals surface area contributed by atoms with Gasteiger partial charge in [0.1, 0.15) is 17.5 Å². The molecule has 0 aliphatic heterocycles. The monoisotopic (exact) mass is 218 g/mol. The van der Waals surface area contributed by atoms with Crippen molar-refractivity contribution in [2.24, 2.45) is 0 Å². The Morgan fingerprint density at radius 3 is 2.40 bits per heavy atom. The number of ether oxygens (including phenoxy) is 1. The number of halogens is 3. The largest absolute Gasteiger partial charge is 0.574 e. The second-order valence-electron chi connectivity index (χ2n) is 2.47. The number of rotatable bonds is 1. The second kappa shape index (κ2) is 3.53. The summed E-state index contributed by atoms with van der Waals surface area (Å²) >= 11 is 0. The van der Waals surface area contributed by atoms with Crippen LogP contribution < -0.4 is 16.2 Å². The highest BCUT2D eigenvalue weighted by Crippen LogP contribution is 2.26. The number of nitrogens with two attached hydrogens (primary N) is 2. The molecule has 80 valence electrons. The number of pyridine rings is 1. The fourth-order valence-corrected chi connectivity index (χ4v) is 0.853. The smallest absolute Gasteiger partial charge is 0.397 e. The number of aromatic nitrogens is 1. The zero-order valence-corrected chi connectivity index (χ0v) is 7.17. The quantitative estimate of drug-likeness (QED) is 0.733. The minimum absolute atomic E-state index is 0.176. The fraction of sp³-hybridized carbons (Fsp3) is 0.143. The van der Waals surface area contributed by atoms with E-state index in [9.17, 15) is 13.2 Å². The minimum atomic E-state index is -4.87. The molecule has 8 heteroatoms. The van der Waals surface area contributed by atoms with Gasteiger partial charge >= 0.3 is 6.36 Å². The first-order valence-corrected chi connectivity index (χ1v) is 3.55. The van der Waals surface area contributed by atoms with Gasteiger partial charge in [0.2, 0.25) is 5.88 Å². The lowest BCUT2D eigenvalue weighted by atomic mass is 10.2. The molecule has 0 aliphatic carbocycles. The predicted octanol–water partition coefficient (Wildman–Crippen LogP) is 1.02. The number of nitrogens with zero attached hydrogens (tertiary/aromatic N) is 2. The highest BCUT2D eigenvalue weighted by Gasteiger charge is 2.32. The number of nitriles is 1. The summed E-state index contributed by atoms with van der Waals surface area (Å²) < 4.78 is 38.8. The van der Waals surface area contributed by atoms with Crippen LogP contribution in [0.3, 0.4) is 0 Å². The molecule has 15 heavy (non-hydrogen) atoms. The van der Waals surface area contributed by atoms with Gasteiger partial charge < -0.3 is 16.2 Å². The Morgan fingerprint density at radius 1 is 1.40 bits per heavy atom. The Bertz CT molecular complexity index is 400. The lowest BCUT2D eigenvalue weighted by Crippen LogP contribution is -2.18. The molecule has 1 aromatic heterocycles. The number of anilines is 2. The summed E-state index contributed by atoms with van der Waals surface area (Å²) in [7, 11) is 0. The molecule has 0 aromatic carbocycles. The van der Waals surface area contributed by atoms with Crippen molar-refractivity contribution in [2.75, 3.05) is 11.5 Å². The van der Waals surface area contributed by atoms with Crippen LogP contribution in [0.5, 0.6) is 5.88 Å². The van der Waals surface area contributed by atoms with E-state index in [1.165, 1.54) is 0 Å². The predicted molar refractivity (Wildman–Crippen MR) is 44.5 cm³/mol. The van der Waals surface area contributed by atoms with Crippen LogP contribution in [-0.2, 0) is 0 Å². The summed E-state index contributed by atoms with van der Waals surface area (Å²) in [5, 5.41) is 8.51. The van der Waals surface area contributed by atoms with Crippen molar-refractivity contribution in [2.45, 2.75) is 6.36 Å². The molecule has 0 aliphatic rings. The third-order valence-electron chi connectivity index (χ3n) is 1.39. The van der Waals surface area contributed by atoms with Crippen LogP contribution in [0.2, 0.25) is 0 Å². The van der Waals surface area contributed by atoms with Gasteiger partial charge in [-0.25, -0.2) is 0 Å². The Kier molecular flexibility index (Phi) is 2.57. The van der Waals surface area contributed by atoms with Crippen molar-refractivity contribution in [3.63, 3.8) is 0 Å². The highest BCUT2D eigenvalue weighted by atomic mass is 19.4. The van der Waals surface area contributed by atoms with Gasteiger partial charge in [-0.15, -0.1) is 13.2 Å². The van der Waals surface area contributed by atoms with Crippen molar-refractivity contribution in [3.05, 3.63) is 11.6 Å².